The number of hydrogen-bond acceptors (Lipinski definition) is 4. The molecule has 0 fully saturated rings. The van der Waals surface area contributed by atoms with Gasteiger partial charge in [0.2, 0.25) is 0 Å². The smallest absolute Gasteiger partial charge is 0.748 e. The van der Waals surface area contributed by atoms with Gasteiger partial charge in [0.05, 0.1) is 10.1 Å². The molecule has 0 aromatic rings. The van der Waals surface area contributed by atoms with Gasteiger partial charge < -0.3 is 9.66 Å². The summed E-state index contributed by atoms with van der Waals surface area (Å²) in [4.78, 5) is 0. The van der Waals surface area contributed by atoms with E-state index in [2.05, 4.69) is 0 Å². The van der Waals surface area contributed by atoms with Crippen LogP contribution in [0.4, 0.5) is 0 Å². The van der Waals surface area contributed by atoms with Crippen LogP contribution in [0, 0.1) is 0 Å². The van der Waals surface area contributed by atoms with E-state index in [1.807, 2.05) is 6.92 Å². The average Bonchev–Trinajstić information content (AvgIpc) is 2.30. The Morgan fingerprint density at radius 3 is 1.84 bits per heavy atom. The van der Waals surface area contributed by atoms with Crippen molar-refractivity contribution in [3.63, 3.8) is 0 Å². The summed E-state index contributed by atoms with van der Waals surface area (Å²) in [5.41, 5.74) is 0. The molecule has 0 aliphatic rings. The normalized spacial score (nSPS) is 13.0. The molecular weight excluding hydrogens is 291 g/mol. The van der Waals surface area contributed by atoms with Crippen LogP contribution in [0.1, 0.15) is 71.1 Å². The first-order chi connectivity index (χ1) is 8.52. The molecule has 0 saturated carbocycles. The van der Waals surface area contributed by atoms with Crippen LogP contribution in [0.3, 0.4) is 0 Å². The summed E-state index contributed by atoms with van der Waals surface area (Å²) in [6.45, 7) is 2.17. The van der Waals surface area contributed by atoms with Gasteiger partial charge in [-0.15, -0.1) is 0 Å². The Labute approximate surface area is 160 Å². The van der Waals surface area contributed by atoms with E-state index in [1.54, 1.807) is 0 Å². The summed E-state index contributed by atoms with van der Waals surface area (Å²) < 4.78 is 32.9. The predicted octanol–water partition coefficient (Wildman–Crippen LogP) is -0.183. The third-order valence-electron chi connectivity index (χ3n) is 3.20. The Hall–Kier alpha value is 1.51. The molecule has 1 atom stereocenters. The molecule has 1 unspecified atom stereocenters. The molecule has 0 spiro atoms. The molecule has 0 radical (unpaired) electrons. The number of aliphatic hydroxyl groups is 1. The molecule has 0 heterocycles. The molecule has 0 bridgehead atoms. The fraction of sp³-hybridized carbons (Fsp3) is 1.00. The molecular formula is C13H27KO4S. The van der Waals surface area contributed by atoms with E-state index in [-0.39, 0.29) is 58.0 Å². The third kappa shape index (κ3) is 14.2. The number of hydrogen-bond donors (Lipinski definition) is 1. The molecule has 0 aliphatic carbocycles. The minimum absolute atomic E-state index is 0. The van der Waals surface area contributed by atoms with Gasteiger partial charge in [-0.05, 0) is 19.3 Å². The summed E-state index contributed by atoms with van der Waals surface area (Å²) in [5.74, 6) is 0. The van der Waals surface area contributed by atoms with E-state index >= 15 is 0 Å². The fourth-order valence-corrected chi connectivity index (χ4v) is 3.10. The SMILES string of the molecule is CCCC(CCCCCCCCCO)S(=O)(=O)[O-].[K+]. The molecule has 19 heavy (non-hydrogen) atoms. The van der Waals surface area contributed by atoms with Crippen molar-refractivity contribution in [2.45, 2.75) is 76.4 Å². The van der Waals surface area contributed by atoms with E-state index in [0.717, 1.165) is 51.4 Å². The van der Waals surface area contributed by atoms with Crippen LogP contribution in [-0.4, -0.2) is 29.9 Å². The van der Waals surface area contributed by atoms with Crippen molar-refractivity contribution in [2.24, 2.45) is 0 Å². The van der Waals surface area contributed by atoms with Crippen molar-refractivity contribution in [3.8, 4) is 0 Å². The topological polar surface area (TPSA) is 77.4 Å². The van der Waals surface area contributed by atoms with Gasteiger partial charge in [-0.3, -0.25) is 0 Å². The van der Waals surface area contributed by atoms with Crippen LogP contribution < -0.4 is 51.4 Å². The Bertz CT molecular complexity index is 280. The van der Waals surface area contributed by atoms with Crippen molar-refractivity contribution in [1.29, 1.82) is 0 Å². The molecule has 0 aliphatic heterocycles. The maximum absolute atomic E-state index is 11.0. The fourth-order valence-electron chi connectivity index (χ4n) is 2.12. The monoisotopic (exact) mass is 318 g/mol. The van der Waals surface area contributed by atoms with Crippen LogP contribution in [0.15, 0.2) is 0 Å². The Morgan fingerprint density at radius 1 is 0.947 bits per heavy atom. The maximum Gasteiger partial charge on any atom is 1.00 e. The van der Waals surface area contributed by atoms with Crippen LogP contribution in [0.25, 0.3) is 0 Å². The second-order valence-electron chi connectivity index (χ2n) is 4.89. The summed E-state index contributed by atoms with van der Waals surface area (Å²) in [6.07, 6.45) is 8.83. The largest absolute Gasteiger partial charge is 1.00 e. The molecule has 0 saturated heterocycles. The number of aliphatic hydroxyl groups excluding tert-OH is 1. The number of unbranched alkanes of at least 4 members (excludes halogenated alkanes) is 6. The average molecular weight is 319 g/mol. The molecule has 110 valence electrons. The van der Waals surface area contributed by atoms with Crippen LogP contribution in [0.2, 0.25) is 0 Å². The zero-order chi connectivity index (χ0) is 13.9. The zero-order valence-electron chi connectivity index (χ0n) is 12.4. The molecule has 6 heteroatoms. The predicted molar refractivity (Wildman–Crippen MR) is 72.4 cm³/mol. The van der Waals surface area contributed by atoms with Crippen molar-refractivity contribution in [3.05, 3.63) is 0 Å². The maximum atomic E-state index is 11.0. The quantitative estimate of drug-likeness (QED) is 0.308. The van der Waals surface area contributed by atoms with Crippen molar-refractivity contribution in [1.82, 2.24) is 0 Å². The van der Waals surface area contributed by atoms with Crippen molar-refractivity contribution < 1.29 is 69.5 Å². The summed E-state index contributed by atoms with van der Waals surface area (Å²) in [6, 6.07) is 0. The molecule has 0 aromatic heterocycles. The van der Waals surface area contributed by atoms with Gasteiger partial charge in [0.25, 0.3) is 0 Å². The van der Waals surface area contributed by atoms with Gasteiger partial charge in [-0.2, -0.15) is 0 Å². The minimum atomic E-state index is -4.11. The molecule has 1 N–H and O–H groups in total. The molecule has 0 amide bonds. The summed E-state index contributed by atoms with van der Waals surface area (Å²) in [7, 11) is -4.11. The molecule has 0 rings (SSSR count). The van der Waals surface area contributed by atoms with E-state index < -0.39 is 15.4 Å². The van der Waals surface area contributed by atoms with E-state index in [4.69, 9.17) is 5.11 Å². The van der Waals surface area contributed by atoms with Crippen LogP contribution in [0.5, 0.6) is 0 Å². The summed E-state index contributed by atoms with van der Waals surface area (Å²) >= 11 is 0. The Morgan fingerprint density at radius 2 is 1.42 bits per heavy atom. The van der Waals surface area contributed by atoms with Gasteiger partial charge in [0.1, 0.15) is 0 Å². The molecule has 4 nitrogen and oxygen atoms in total. The zero-order valence-corrected chi connectivity index (χ0v) is 16.4. The van der Waals surface area contributed by atoms with E-state index in [1.165, 1.54) is 0 Å². The first kappa shape index (κ1) is 22.8. The standard InChI is InChI=1S/C13H28O4S.K/c1-2-10-13(18(15,16)17)11-8-6-4-3-5-7-9-12-14;/h13-14H,2-12H2,1H3,(H,15,16,17);/q;+1/p-1. The third-order valence-corrected chi connectivity index (χ3v) is 4.49. The van der Waals surface area contributed by atoms with Crippen LogP contribution >= 0.6 is 0 Å². The van der Waals surface area contributed by atoms with Gasteiger partial charge >= 0.3 is 51.4 Å². The van der Waals surface area contributed by atoms with E-state index in [9.17, 15) is 13.0 Å². The van der Waals surface area contributed by atoms with Crippen molar-refractivity contribution >= 4 is 10.1 Å². The van der Waals surface area contributed by atoms with Gasteiger partial charge in [-0.1, -0.05) is 51.9 Å². The van der Waals surface area contributed by atoms with Crippen molar-refractivity contribution in [2.75, 3.05) is 6.61 Å². The first-order valence-corrected chi connectivity index (χ1v) is 8.55. The second-order valence-corrected chi connectivity index (χ2v) is 6.54. The number of rotatable bonds is 12. The van der Waals surface area contributed by atoms with Crippen LogP contribution in [-0.2, 0) is 10.1 Å². The Kier molecular flexibility index (Phi) is 17.3. The summed E-state index contributed by atoms with van der Waals surface area (Å²) in [5, 5.41) is 7.92. The van der Waals surface area contributed by atoms with Gasteiger partial charge in [-0.25, -0.2) is 8.42 Å². The van der Waals surface area contributed by atoms with E-state index in [0.29, 0.717) is 12.8 Å². The second kappa shape index (κ2) is 14.4. The van der Waals surface area contributed by atoms with Gasteiger partial charge in [0, 0.05) is 11.9 Å². The Balaban J connectivity index is 0. The first-order valence-electron chi connectivity index (χ1n) is 7.08. The molecule has 0 aromatic carbocycles. The minimum Gasteiger partial charge on any atom is -0.748 e. The van der Waals surface area contributed by atoms with Gasteiger partial charge in [0.15, 0.2) is 0 Å².